The maximum Gasteiger partial charge on any atom is 0.176 e. The van der Waals surface area contributed by atoms with E-state index in [4.69, 9.17) is 0 Å². The molecule has 82 valence electrons. The molecule has 0 aliphatic heterocycles. The first-order chi connectivity index (χ1) is 7.72. The third-order valence-electron chi connectivity index (χ3n) is 2.68. The maximum absolute atomic E-state index is 12.0. The van der Waals surface area contributed by atoms with Crippen molar-refractivity contribution in [2.75, 3.05) is 0 Å². The Hall–Kier alpha value is -1.15. The van der Waals surface area contributed by atoms with Crippen LogP contribution in [0.2, 0.25) is 0 Å². The van der Waals surface area contributed by atoms with Crippen molar-refractivity contribution in [3.05, 3.63) is 48.0 Å². The molecule has 0 saturated heterocycles. The largest absolute Gasteiger partial charge is 0.293 e. The van der Waals surface area contributed by atoms with Gasteiger partial charge < -0.3 is 0 Å². The van der Waals surface area contributed by atoms with Gasteiger partial charge in [0.05, 0.1) is 4.83 Å². The summed E-state index contributed by atoms with van der Waals surface area (Å²) in [6.45, 7) is 2.00. The fourth-order valence-corrected chi connectivity index (χ4v) is 1.97. The number of fused-ring (bicyclic) bond motifs is 1. The molecule has 0 aromatic heterocycles. The maximum atomic E-state index is 12.0. The van der Waals surface area contributed by atoms with E-state index in [1.54, 1.807) is 0 Å². The number of halogens is 1. The Morgan fingerprint density at radius 2 is 1.88 bits per heavy atom. The van der Waals surface area contributed by atoms with Crippen molar-refractivity contribution >= 4 is 32.5 Å². The van der Waals surface area contributed by atoms with Crippen LogP contribution in [0, 0.1) is 0 Å². The number of ketones is 1. The van der Waals surface area contributed by atoms with E-state index >= 15 is 0 Å². The summed E-state index contributed by atoms with van der Waals surface area (Å²) in [5, 5.41) is 2.28. The molecule has 1 atom stereocenters. The molecular formula is C14H13BrO. The normalized spacial score (nSPS) is 12.6. The molecule has 1 nitrogen and oxygen atoms in total. The average Bonchev–Trinajstić information content (AvgIpc) is 2.36. The van der Waals surface area contributed by atoms with Crippen molar-refractivity contribution in [3.63, 3.8) is 0 Å². The van der Waals surface area contributed by atoms with E-state index in [2.05, 4.69) is 22.0 Å². The molecule has 2 rings (SSSR count). The van der Waals surface area contributed by atoms with E-state index in [9.17, 15) is 4.79 Å². The van der Waals surface area contributed by atoms with Gasteiger partial charge in [-0.3, -0.25) is 4.79 Å². The molecule has 2 aromatic rings. The first-order valence-electron chi connectivity index (χ1n) is 5.39. The molecule has 0 N–H and O–H groups in total. The zero-order valence-electron chi connectivity index (χ0n) is 9.11. The molecule has 0 aliphatic rings. The Bertz CT molecular complexity index is 519. The smallest absolute Gasteiger partial charge is 0.176 e. The van der Waals surface area contributed by atoms with Crippen LogP contribution in [0.15, 0.2) is 42.5 Å². The fourth-order valence-electron chi connectivity index (χ4n) is 1.71. The Morgan fingerprint density at radius 3 is 2.56 bits per heavy atom. The molecule has 2 heteroatoms. The molecule has 0 amide bonds. The molecule has 0 bridgehead atoms. The minimum absolute atomic E-state index is 0.0753. The van der Waals surface area contributed by atoms with Crippen molar-refractivity contribution < 1.29 is 4.79 Å². The highest BCUT2D eigenvalue weighted by atomic mass is 79.9. The molecule has 0 spiro atoms. The number of hydrogen-bond donors (Lipinski definition) is 0. The zero-order valence-corrected chi connectivity index (χ0v) is 10.7. The quantitative estimate of drug-likeness (QED) is 0.607. The van der Waals surface area contributed by atoms with Gasteiger partial charge in [-0.1, -0.05) is 59.3 Å². The summed E-state index contributed by atoms with van der Waals surface area (Å²) in [4.78, 5) is 11.9. The summed E-state index contributed by atoms with van der Waals surface area (Å²) in [5.74, 6) is 0.160. The molecule has 0 heterocycles. The molecule has 1 unspecified atom stereocenters. The predicted molar refractivity (Wildman–Crippen MR) is 71.3 cm³/mol. The van der Waals surface area contributed by atoms with E-state index in [-0.39, 0.29) is 10.6 Å². The zero-order chi connectivity index (χ0) is 11.5. The van der Waals surface area contributed by atoms with Crippen LogP contribution >= 0.6 is 15.9 Å². The minimum Gasteiger partial charge on any atom is -0.293 e. The van der Waals surface area contributed by atoms with Crippen LogP contribution in [0.25, 0.3) is 10.8 Å². The predicted octanol–water partition coefficient (Wildman–Crippen LogP) is 4.20. The highest BCUT2D eigenvalue weighted by Crippen LogP contribution is 2.19. The van der Waals surface area contributed by atoms with Crippen molar-refractivity contribution in [2.45, 2.75) is 18.2 Å². The number of rotatable bonds is 3. The highest BCUT2D eigenvalue weighted by Gasteiger charge is 2.14. The lowest BCUT2D eigenvalue weighted by molar-refractivity contribution is 0.0990. The lowest BCUT2D eigenvalue weighted by Gasteiger charge is -2.06. The monoisotopic (exact) mass is 276 g/mol. The molecule has 16 heavy (non-hydrogen) atoms. The number of carbonyl (C=O) groups is 1. The number of alkyl halides is 1. The SMILES string of the molecule is CCC(Br)C(=O)c1ccc2ccccc2c1. The molecule has 2 aromatic carbocycles. The van der Waals surface area contributed by atoms with Gasteiger partial charge in [-0.05, 0) is 23.3 Å². The summed E-state index contributed by atoms with van der Waals surface area (Å²) < 4.78 is 0. The molecule has 0 saturated carbocycles. The van der Waals surface area contributed by atoms with Gasteiger partial charge in [-0.25, -0.2) is 0 Å². The van der Waals surface area contributed by atoms with Crippen LogP contribution < -0.4 is 0 Å². The lowest BCUT2D eigenvalue weighted by atomic mass is 10.0. The van der Waals surface area contributed by atoms with Crippen LogP contribution in [0.4, 0.5) is 0 Å². The van der Waals surface area contributed by atoms with Gasteiger partial charge in [0.15, 0.2) is 5.78 Å². The first-order valence-corrected chi connectivity index (χ1v) is 6.31. The Morgan fingerprint density at radius 1 is 1.19 bits per heavy atom. The van der Waals surface area contributed by atoms with E-state index in [1.807, 2.05) is 43.3 Å². The average molecular weight is 277 g/mol. The van der Waals surface area contributed by atoms with Gasteiger partial charge in [0.25, 0.3) is 0 Å². The Kier molecular flexibility index (Phi) is 3.39. The lowest BCUT2D eigenvalue weighted by Crippen LogP contribution is -2.12. The second-order valence-corrected chi connectivity index (χ2v) is 4.91. The summed E-state index contributed by atoms with van der Waals surface area (Å²) >= 11 is 3.39. The van der Waals surface area contributed by atoms with Crippen LogP contribution in [0.1, 0.15) is 23.7 Å². The summed E-state index contributed by atoms with van der Waals surface area (Å²) in [7, 11) is 0. The van der Waals surface area contributed by atoms with E-state index < -0.39 is 0 Å². The first kappa shape index (κ1) is 11.3. The van der Waals surface area contributed by atoms with Gasteiger partial charge in [0.2, 0.25) is 0 Å². The van der Waals surface area contributed by atoms with Crippen LogP contribution in [0.3, 0.4) is 0 Å². The third-order valence-corrected chi connectivity index (χ3v) is 3.74. The van der Waals surface area contributed by atoms with Crippen molar-refractivity contribution in [2.24, 2.45) is 0 Å². The number of benzene rings is 2. The second kappa shape index (κ2) is 4.79. The van der Waals surface area contributed by atoms with Crippen LogP contribution in [-0.4, -0.2) is 10.6 Å². The summed E-state index contributed by atoms with van der Waals surface area (Å²) in [6.07, 6.45) is 0.811. The van der Waals surface area contributed by atoms with E-state index in [0.717, 1.165) is 17.4 Å². The van der Waals surface area contributed by atoms with E-state index in [0.29, 0.717) is 0 Å². The molecule has 0 aliphatic carbocycles. The minimum atomic E-state index is -0.0753. The van der Waals surface area contributed by atoms with Gasteiger partial charge in [0, 0.05) is 5.56 Å². The molecule has 0 radical (unpaired) electrons. The van der Waals surface area contributed by atoms with Crippen molar-refractivity contribution in [1.29, 1.82) is 0 Å². The van der Waals surface area contributed by atoms with Gasteiger partial charge in [0.1, 0.15) is 0 Å². The van der Waals surface area contributed by atoms with Crippen molar-refractivity contribution in [1.82, 2.24) is 0 Å². The van der Waals surface area contributed by atoms with Gasteiger partial charge >= 0.3 is 0 Å². The third kappa shape index (κ3) is 2.17. The summed E-state index contributed by atoms with van der Waals surface area (Å²) in [5.41, 5.74) is 0.780. The van der Waals surface area contributed by atoms with Gasteiger partial charge in [-0.2, -0.15) is 0 Å². The number of carbonyl (C=O) groups excluding carboxylic acids is 1. The summed E-state index contributed by atoms with van der Waals surface area (Å²) in [6, 6.07) is 13.9. The topological polar surface area (TPSA) is 17.1 Å². The van der Waals surface area contributed by atoms with Crippen molar-refractivity contribution in [3.8, 4) is 0 Å². The van der Waals surface area contributed by atoms with Crippen LogP contribution in [0.5, 0.6) is 0 Å². The number of hydrogen-bond acceptors (Lipinski definition) is 1. The Labute approximate surface area is 104 Å². The highest BCUT2D eigenvalue weighted by molar-refractivity contribution is 9.10. The Balaban J connectivity index is 2.43. The number of Topliss-reactive ketones (excluding diaryl/α,β-unsaturated/α-hetero) is 1. The fraction of sp³-hybridized carbons (Fsp3) is 0.214. The second-order valence-electron chi connectivity index (χ2n) is 3.80. The standard InChI is InChI=1S/C14H13BrO/c1-2-13(15)14(16)12-8-7-10-5-3-4-6-11(10)9-12/h3-9,13H,2H2,1H3. The van der Waals surface area contributed by atoms with Crippen LogP contribution in [-0.2, 0) is 0 Å². The molecular weight excluding hydrogens is 264 g/mol. The molecule has 0 fully saturated rings. The van der Waals surface area contributed by atoms with Gasteiger partial charge in [-0.15, -0.1) is 0 Å². The van der Waals surface area contributed by atoms with E-state index in [1.165, 1.54) is 5.39 Å².